The maximum Gasteiger partial charge on any atom is 0.227 e. The van der Waals surface area contributed by atoms with Crippen molar-refractivity contribution in [3.8, 4) is 11.5 Å². The fraction of sp³-hybridized carbons (Fsp3) is 0.125. The molecule has 3 rings (SSSR count). The second-order valence-corrected chi connectivity index (χ2v) is 5.86. The molecule has 2 aromatic carbocycles. The van der Waals surface area contributed by atoms with Crippen molar-refractivity contribution in [2.45, 2.75) is 13.3 Å². The average molecular weight is 392 g/mol. The molecule has 106 valence electrons. The second kappa shape index (κ2) is 5.85. The lowest BCUT2D eigenvalue weighted by molar-refractivity contribution is -0.115. The van der Waals surface area contributed by atoms with Gasteiger partial charge >= 0.3 is 0 Å². The highest BCUT2D eigenvalue weighted by atomic mass is 127. The molecule has 21 heavy (non-hydrogen) atoms. The smallest absolute Gasteiger partial charge is 0.227 e. The SMILES string of the molecule is CCC(=O)Nc1ccc2oc(-c3cccc(I)c3)nc2c1. The number of aromatic nitrogens is 1. The van der Waals surface area contributed by atoms with Crippen LogP contribution in [0.4, 0.5) is 5.69 Å². The number of hydrogen-bond donors (Lipinski definition) is 1. The summed E-state index contributed by atoms with van der Waals surface area (Å²) >= 11 is 2.26. The van der Waals surface area contributed by atoms with Crippen LogP contribution >= 0.6 is 22.6 Å². The lowest BCUT2D eigenvalue weighted by Crippen LogP contribution is -2.08. The molecule has 0 aliphatic carbocycles. The minimum absolute atomic E-state index is 0.0179. The number of amides is 1. The van der Waals surface area contributed by atoms with Crippen molar-refractivity contribution in [1.29, 1.82) is 0 Å². The number of benzene rings is 2. The predicted octanol–water partition coefficient (Wildman–Crippen LogP) is 4.45. The van der Waals surface area contributed by atoms with Crippen LogP contribution in [0.5, 0.6) is 0 Å². The number of nitrogens with one attached hydrogen (secondary N) is 1. The number of rotatable bonds is 3. The maximum atomic E-state index is 11.4. The van der Waals surface area contributed by atoms with Crippen LogP contribution in [0.1, 0.15) is 13.3 Å². The summed E-state index contributed by atoms with van der Waals surface area (Å²) in [5.74, 6) is 0.568. The van der Waals surface area contributed by atoms with Gasteiger partial charge in [0.05, 0.1) is 0 Å². The molecule has 0 fully saturated rings. The molecule has 1 aromatic heterocycles. The molecular weight excluding hydrogens is 379 g/mol. The molecule has 0 unspecified atom stereocenters. The van der Waals surface area contributed by atoms with Crippen LogP contribution in [0.2, 0.25) is 0 Å². The molecule has 0 atom stereocenters. The first-order valence-electron chi connectivity index (χ1n) is 6.62. The lowest BCUT2D eigenvalue weighted by Gasteiger charge is -2.01. The molecule has 1 N–H and O–H groups in total. The molecule has 0 saturated carbocycles. The van der Waals surface area contributed by atoms with Gasteiger partial charge in [-0.05, 0) is 59.0 Å². The standard InChI is InChI=1S/C16H13IN2O2/c1-2-15(20)18-12-6-7-14-13(9-12)19-16(21-14)10-4-3-5-11(17)8-10/h3-9H,2H2,1H3,(H,18,20). The molecule has 1 amide bonds. The molecule has 0 aliphatic rings. The first-order valence-corrected chi connectivity index (χ1v) is 7.70. The second-order valence-electron chi connectivity index (χ2n) is 4.61. The third-order valence-corrected chi connectivity index (χ3v) is 3.73. The van der Waals surface area contributed by atoms with Crippen LogP contribution in [0.25, 0.3) is 22.6 Å². The van der Waals surface area contributed by atoms with E-state index < -0.39 is 0 Å². The van der Waals surface area contributed by atoms with Crippen LogP contribution in [-0.4, -0.2) is 10.9 Å². The molecule has 3 aromatic rings. The summed E-state index contributed by atoms with van der Waals surface area (Å²) in [7, 11) is 0. The van der Waals surface area contributed by atoms with E-state index >= 15 is 0 Å². The Morgan fingerprint density at radius 1 is 1.29 bits per heavy atom. The van der Waals surface area contributed by atoms with Gasteiger partial charge in [0.2, 0.25) is 11.8 Å². The molecule has 0 spiro atoms. The highest BCUT2D eigenvalue weighted by Gasteiger charge is 2.09. The Morgan fingerprint density at radius 3 is 2.90 bits per heavy atom. The van der Waals surface area contributed by atoms with Gasteiger partial charge in [0.15, 0.2) is 5.58 Å². The molecule has 4 nitrogen and oxygen atoms in total. The zero-order valence-corrected chi connectivity index (χ0v) is 13.5. The summed E-state index contributed by atoms with van der Waals surface area (Å²) in [5, 5.41) is 2.82. The molecule has 1 heterocycles. The summed E-state index contributed by atoms with van der Waals surface area (Å²) in [6.45, 7) is 1.82. The summed E-state index contributed by atoms with van der Waals surface area (Å²) < 4.78 is 6.90. The summed E-state index contributed by atoms with van der Waals surface area (Å²) in [5.41, 5.74) is 3.12. The van der Waals surface area contributed by atoms with E-state index in [2.05, 4.69) is 32.9 Å². The summed E-state index contributed by atoms with van der Waals surface area (Å²) in [6.07, 6.45) is 0.449. The van der Waals surface area contributed by atoms with E-state index in [0.717, 1.165) is 20.3 Å². The van der Waals surface area contributed by atoms with Gasteiger partial charge in [-0.15, -0.1) is 0 Å². The van der Waals surface area contributed by atoms with E-state index in [4.69, 9.17) is 4.42 Å². The Kier molecular flexibility index (Phi) is 3.92. The quantitative estimate of drug-likeness (QED) is 0.671. The maximum absolute atomic E-state index is 11.4. The van der Waals surface area contributed by atoms with E-state index in [1.54, 1.807) is 0 Å². The van der Waals surface area contributed by atoms with Crippen molar-refractivity contribution in [2.75, 3.05) is 5.32 Å². The first-order chi connectivity index (χ1) is 10.2. The van der Waals surface area contributed by atoms with Gasteiger partial charge in [0.25, 0.3) is 0 Å². The summed E-state index contributed by atoms with van der Waals surface area (Å²) in [6, 6.07) is 13.4. The van der Waals surface area contributed by atoms with Crippen molar-refractivity contribution in [3.63, 3.8) is 0 Å². The number of oxazole rings is 1. The van der Waals surface area contributed by atoms with Crippen molar-refractivity contribution < 1.29 is 9.21 Å². The van der Waals surface area contributed by atoms with Crippen molar-refractivity contribution in [3.05, 3.63) is 46.0 Å². The number of carbonyl (C=O) groups is 1. The highest BCUT2D eigenvalue weighted by Crippen LogP contribution is 2.27. The molecule has 0 aliphatic heterocycles. The Bertz CT molecular complexity index is 811. The van der Waals surface area contributed by atoms with Gasteiger partial charge in [0, 0.05) is 21.2 Å². The first kappa shape index (κ1) is 14.1. The third-order valence-electron chi connectivity index (χ3n) is 3.06. The number of halogens is 1. The van der Waals surface area contributed by atoms with Gasteiger partial charge in [-0.1, -0.05) is 13.0 Å². The minimum atomic E-state index is -0.0179. The zero-order chi connectivity index (χ0) is 14.8. The predicted molar refractivity (Wildman–Crippen MR) is 91.1 cm³/mol. The van der Waals surface area contributed by atoms with E-state index in [0.29, 0.717) is 17.9 Å². The third kappa shape index (κ3) is 3.07. The number of nitrogens with zero attached hydrogens (tertiary/aromatic N) is 1. The Labute approximate surface area is 135 Å². The zero-order valence-electron chi connectivity index (χ0n) is 11.4. The van der Waals surface area contributed by atoms with E-state index in [1.165, 1.54) is 0 Å². The van der Waals surface area contributed by atoms with Gasteiger partial charge in [-0.2, -0.15) is 0 Å². The van der Waals surface area contributed by atoms with Crippen LogP contribution in [0.15, 0.2) is 46.9 Å². The van der Waals surface area contributed by atoms with Gasteiger partial charge in [0.1, 0.15) is 5.52 Å². The van der Waals surface area contributed by atoms with Gasteiger partial charge in [-0.25, -0.2) is 4.98 Å². The van der Waals surface area contributed by atoms with Gasteiger partial charge in [-0.3, -0.25) is 4.79 Å². The van der Waals surface area contributed by atoms with Crippen molar-refractivity contribution in [2.24, 2.45) is 0 Å². The molecule has 5 heteroatoms. The Hall–Kier alpha value is -1.89. The largest absolute Gasteiger partial charge is 0.436 e. The van der Waals surface area contributed by atoms with Crippen LogP contribution in [-0.2, 0) is 4.79 Å². The Morgan fingerprint density at radius 2 is 2.14 bits per heavy atom. The fourth-order valence-corrected chi connectivity index (χ4v) is 2.54. The van der Waals surface area contributed by atoms with Crippen LogP contribution < -0.4 is 5.32 Å². The fourth-order valence-electron chi connectivity index (χ4n) is 2.00. The average Bonchev–Trinajstić information content (AvgIpc) is 2.90. The van der Waals surface area contributed by atoms with E-state index in [-0.39, 0.29) is 5.91 Å². The normalized spacial score (nSPS) is 10.8. The van der Waals surface area contributed by atoms with E-state index in [1.807, 2.05) is 49.4 Å². The molecular formula is C16H13IN2O2. The van der Waals surface area contributed by atoms with Crippen LogP contribution in [0.3, 0.4) is 0 Å². The van der Waals surface area contributed by atoms with Crippen molar-refractivity contribution in [1.82, 2.24) is 4.98 Å². The number of hydrogen-bond acceptors (Lipinski definition) is 3. The van der Waals surface area contributed by atoms with Gasteiger partial charge < -0.3 is 9.73 Å². The van der Waals surface area contributed by atoms with Crippen LogP contribution in [0, 0.1) is 3.57 Å². The minimum Gasteiger partial charge on any atom is -0.436 e. The number of carbonyl (C=O) groups excluding carboxylic acids is 1. The monoisotopic (exact) mass is 392 g/mol. The van der Waals surface area contributed by atoms with Crippen molar-refractivity contribution >= 4 is 45.3 Å². The number of fused-ring (bicyclic) bond motifs is 1. The van der Waals surface area contributed by atoms with E-state index in [9.17, 15) is 4.79 Å². The molecule has 0 saturated heterocycles. The summed E-state index contributed by atoms with van der Waals surface area (Å²) in [4.78, 5) is 15.9. The topological polar surface area (TPSA) is 55.1 Å². The highest BCUT2D eigenvalue weighted by molar-refractivity contribution is 14.1. The molecule has 0 radical (unpaired) electrons. The Balaban J connectivity index is 1.98. The lowest BCUT2D eigenvalue weighted by atomic mass is 10.2. The molecule has 0 bridgehead atoms. The number of anilines is 1.